The summed E-state index contributed by atoms with van der Waals surface area (Å²) in [5.41, 5.74) is 0. The molecular formula is C7H8ClN3O2. The Bertz CT molecular complexity index is 297. The van der Waals surface area contributed by atoms with Crippen LogP contribution in [0.1, 0.15) is 0 Å². The maximum atomic E-state index is 11.0. The van der Waals surface area contributed by atoms with Crippen LogP contribution in [-0.2, 0) is 0 Å². The zero-order valence-corrected chi connectivity index (χ0v) is 7.47. The number of halogens is 1. The number of carbonyl (C=O) groups is 1. The second-order valence-corrected chi connectivity index (χ2v) is 2.73. The van der Waals surface area contributed by atoms with Gasteiger partial charge in [0.2, 0.25) is 0 Å². The Morgan fingerprint density at radius 3 is 3.08 bits per heavy atom. The summed E-state index contributed by atoms with van der Waals surface area (Å²) in [7, 11) is 0. The van der Waals surface area contributed by atoms with E-state index in [1.54, 1.807) is 0 Å². The van der Waals surface area contributed by atoms with Gasteiger partial charge in [-0.2, -0.15) is 4.98 Å². The van der Waals surface area contributed by atoms with Crippen LogP contribution >= 0.6 is 11.6 Å². The first-order valence-corrected chi connectivity index (χ1v) is 3.82. The van der Waals surface area contributed by atoms with Gasteiger partial charge in [-0.1, -0.05) is 18.2 Å². The largest absolute Gasteiger partial charge is 0.449 e. The van der Waals surface area contributed by atoms with E-state index in [1.807, 2.05) is 0 Å². The Hall–Kier alpha value is -1.49. The number of nitrogens with one attached hydrogen (secondary N) is 2. The Morgan fingerprint density at radius 2 is 2.54 bits per heavy atom. The standard InChI is InChI=1S/C7H8ClN3O2/c1-5(8)2-9-7(12)11-6-3-13-4-10-6/h3-4H,1-2H2,(H2,9,11,12). The Morgan fingerprint density at radius 1 is 1.77 bits per heavy atom. The molecule has 5 nitrogen and oxygen atoms in total. The molecule has 0 aliphatic rings. The van der Waals surface area contributed by atoms with Gasteiger partial charge in [-0.3, -0.25) is 5.32 Å². The smallest absolute Gasteiger partial charge is 0.320 e. The van der Waals surface area contributed by atoms with Crippen LogP contribution in [-0.4, -0.2) is 17.6 Å². The van der Waals surface area contributed by atoms with Crippen LogP contribution in [0.4, 0.5) is 10.6 Å². The zero-order valence-electron chi connectivity index (χ0n) is 6.71. The molecule has 70 valence electrons. The summed E-state index contributed by atoms with van der Waals surface area (Å²) in [6.45, 7) is 3.63. The normalized spacial score (nSPS) is 9.31. The van der Waals surface area contributed by atoms with Gasteiger partial charge in [-0.25, -0.2) is 4.79 Å². The Balaban J connectivity index is 2.30. The SMILES string of the molecule is C=C(Cl)CNC(=O)Nc1cocn1. The molecule has 0 aliphatic carbocycles. The molecule has 0 saturated carbocycles. The summed E-state index contributed by atoms with van der Waals surface area (Å²) in [5, 5.41) is 5.24. The molecule has 1 rings (SSSR count). The van der Waals surface area contributed by atoms with E-state index in [4.69, 9.17) is 11.6 Å². The third-order valence-corrected chi connectivity index (χ3v) is 1.25. The fourth-order valence-electron chi connectivity index (χ4n) is 0.611. The van der Waals surface area contributed by atoms with Crippen LogP contribution in [0.2, 0.25) is 0 Å². The maximum absolute atomic E-state index is 11.0. The fourth-order valence-corrected chi connectivity index (χ4v) is 0.678. The van der Waals surface area contributed by atoms with Gasteiger partial charge in [-0.05, 0) is 0 Å². The van der Waals surface area contributed by atoms with E-state index >= 15 is 0 Å². The lowest BCUT2D eigenvalue weighted by molar-refractivity contribution is 0.253. The third-order valence-electron chi connectivity index (χ3n) is 1.11. The average Bonchev–Trinajstić information content (AvgIpc) is 2.53. The van der Waals surface area contributed by atoms with Crippen molar-refractivity contribution in [2.24, 2.45) is 0 Å². The predicted octanol–water partition coefficient (Wildman–Crippen LogP) is 1.55. The van der Waals surface area contributed by atoms with Crippen LogP contribution in [0.3, 0.4) is 0 Å². The molecule has 1 heterocycles. The predicted molar refractivity (Wildman–Crippen MR) is 48.5 cm³/mol. The van der Waals surface area contributed by atoms with Crippen molar-refractivity contribution in [2.45, 2.75) is 0 Å². The molecule has 0 bridgehead atoms. The Labute approximate surface area is 79.8 Å². The summed E-state index contributed by atoms with van der Waals surface area (Å²) in [6, 6.07) is -0.407. The summed E-state index contributed by atoms with van der Waals surface area (Å²) >= 11 is 5.43. The van der Waals surface area contributed by atoms with Gasteiger partial charge in [0, 0.05) is 5.03 Å². The van der Waals surface area contributed by atoms with E-state index in [2.05, 4.69) is 26.6 Å². The molecule has 1 aromatic rings. The average molecular weight is 202 g/mol. The minimum absolute atomic E-state index is 0.214. The molecule has 2 amide bonds. The van der Waals surface area contributed by atoms with Crippen molar-refractivity contribution in [3.05, 3.63) is 24.3 Å². The minimum Gasteiger partial charge on any atom is -0.449 e. The number of hydrogen-bond donors (Lipinski definition) is 2. The van der Waals surface area contributed by atoms with Gasteiger partial charge in [-0.15, -0.1) is 0 Å². The van der Waals surface area contributed by atoms with Gasteiger partial charge < -0.3 is 9.73 Å². The van der Waals surface area contributed by atoms with Crippen LogP contribution < -0.4 is 10.6 Å². The first kappa shape index (κ1) is 9.60. The summed E-state index contributed by atoms with van der Waals surface area (Å²) in [5.74, 6) is 0.345. The molecule has 0 fully saturated rings. The summed E-state index contributed by atoms with van der Waals surface area (Å²) in [6.07, 6.45) is 2.53. The van der Waals surface area contributed by atoms with Gasteiger partial charge in [0.25, 0.3) is 0 Å². The number of urea groups is 1. The van der Waals surface area contributed by atoms with Gasteiger partial charge in [0.05, 0.1) is 6.54 Å². The number of nitrogens with zero attached hydrogens (tertiary/aromatic N) is 1. The van der Waals surface area contributed by atoms with Crippen LogP contribution in [0.5, 0.6) is 0 Å². The van der Waals surface area contributed by atoms with Crippen molar-refractivity contribution < 1.29 is 9.21 Å². The highest BCUT2D eigenvalue weighted by Gasteiger charge is 2.02. The number of hydrogen-bond acceptors (Lipinski definition) is 3. The number of anilines is 1. The van der Waals surface area contributed by atoms with E-state index in [9.17, 15) is 4.79 Å². The summed E-state index contributed by atoms with van der Waals surface area (Å²) in [4.78, 5) is 14.7. The van der Waals surface area contributed by atoms with Crippen molar-refractivity contribution >= 4 is 23.4 Å². The molecule has 2 N–H and O–H groups in total. The molecule has 6 heteroatoms. The number of oxazole rings is 1. The molecule has 0 spiro atoms. The van der Waals surface area contributed by atoms with Crippen LogP contribution in [0.15, 0.2) is 28.7 Å². The molecule has 0 aromatic carbocycles. The topological polar surface area (TPSA) is 67.2 Å². The number of rotatable bonds is 3. The van der Waals surface area contributed by atoms with E-state index in [1.165, 1.54) is 12.7 Å². The van der Waals surface area contributed by atoms with Crippen molar-refractivity contribution in [1.29, 1.82) is 0 Å². The minimum atomic E-state index is -0.407. The van der Waals surface area contributed by atoms with Crippen LogP contribution in [0, 0.1) is 0 Å². The van der Waals surface area contributed by atoms with Crippen molar-refractivity contribution in [2.75, 3.05) is 11.9 Å². The second kappa shape index (κ2) is 4.51. The van der Waals surface area contributed by atoms with Crippen molar-refractivity contribution in [1.82, 2.24) is 10.3 Å². The lowest BCUT2D eigenvalue weighted by Gasteiger charge is -2.02. The molecular weight excluding hydrogens is 194 g/mol. The molecule has 1 aromatic heterocycles. The van der Waals surface area contributed by atoms with Crippen molar-refractivity contribution in [3.63, 3.8) is 0 Å². The quantitative estimate of drug-likeness (QED) is 0.780. The van der Waals surface area contributed by atoms with Gasteiger partial charge >= 0.3 is 6.03 Å². The number of carbonyl (C=O) groups excluding carboxylic acids is 1. The monoisotopic (exact) mass is 201 g/mol. The zero-order chi connectivity index (χ0) is 9.68. The first-order chi connectivity index (χ1) is 6.18. The van der Waals surface area contributed by atoms with E-state index in [-0.39, 0.29) is 6.54 Å². The van der Waals surface area contributed by atoms with E-state index in [0.29, 0.717) is 10.9 Å². The number of amides is 2. The molecule has 0 saturated heterocycles. The number of aromatic nitrogens is 1. The molecule has 0 atom stereocenters. The highest BCUT2D eigenvalue weighted by molar-refractivity contribution is 6.29. The van der Waals surface area contributed by atoms with Gasteiger partial charge in [0.15, 0.2) is 12.2 Å². The molecule has 0 radical (unpaired) electrons. The van der Waals surface area contributed by atoms with Crippen molar-refractivity contribution in [3.8, 4) is 0 Å². The highest BCUT2D eigenvalue weighted by atomic mass is 35.5. The first-order valence-electron chi connectivity index (χ1n) is 3.45. The van der Waals surface area contributed by atoms with Crippen LogP contribution in [0.25, 0.3) is 0 Å². The fraction of sp³-hybridized carbons (Fsp3) is 0.143. The molecule has 0 unspecified atom stereocenters. The van der Waals surface area contributed by atoms with E-state index in [0.717, 1.165) is 0 Å². The highest BCUT2D eigenvalue weighted by Crippen LogP contribution is 2.00. The molecule has 13 heavy (non-hydrogen) atoms. The third kappa shape index (κ3) is 3.62. The lowest BCUT2D eigenvalue weighted by Crippen LogP contribution is -2.29. The van der Waals surface area contributed by atoms with Gasteiger partial charge in [0.1, 0.15) is 6.26 Å². The van der Waals surface area contributed by atoms with E-state index < -0.39 is 6.03 Å². The Kier molecular flexibility index (Phi) is 3.33. The lowest BCUT2D eigenvalue weighted by atomic mass is 10.6. The maximum Gasteiger partial charge on any atom is 0.320 e. The molecule has 0 aliphatic heterocycles. The summed E-state index contributed by atoms with van der Waals surface area (Å²) < 4.78 is 4.64. The second-order valence-electron chi connectivity index (χ2n) is 2.20.